The molecular formula is C19H30NO4P. The lowest BCUT2D eigenvalue weighted by Gasteiger charge is -2.44. The smallest absolute Gasteiger partial charge is 0.350 e. The Morgan fingerprint density at radius 2 is 1.88 bits per heavy atom. The summed E-state index contributed by atoms with van der Waals surface area (Å²) in [6.07, 6.45) is 3.35. The van der Waals surface area contributed by atoms with Gasteiger partial charge in [-0.15, -0.1) is 0 Å². The fraction of sp³-hybridized carbons (Fsp3) is 0.684. The van der Waals surface area contributed by atoms with Crippen LogP contribution >= 0.6 is 7.60 Å². The van der Waals surface area contributed by atoms with Gasteiger partial charge in [-0.2, -0.15) is 0 Å². The standard InChI is InChI=1S/C19H30NO4P/c1-4-13-19(25(21,23-5-2)24-6-3)14-12-18-20(19)17(15-22-18)16-10-8-7-9-11-16/h7-11,17-18H,4-6,12-15H2,1-3H3/t17-,18-,19-/m0/s1. The van der Waals surface area contributed by atoms with E-state index in [0.29, 0.717) is 19.8 Å². The Kier molecular flexibility index (Phi) is 6.02. The summed E-state index contributed by atoms with van der Waals surface area (Å²) in [6.45, 7) is 7.29. The first kappa shape index (κ1) is 19.1. The topological polar surface area (TPSA) is 48.0 Å². The van der Waals surface area contributed by atoms with Gasteiger partial charge in [0.25, 0.3) is 0 Å². The van der Waals surface area contributed by atoms with Gasteiger partial charge in [-0.25, -0.2) is 0 Å². The molecule has 6 heteroatoms. The van der Waals surface area contributed by atoms with Crippen LogP contribution in [0.4, 0.5) is 0 Å². The first-order valence-corrected chi connectivity index (χ1v) is 11.0. The molecule has 140 valence electrons. The molecule has 0 aromatic heterocycles. The highest BCUT2D eigenvalue weighted by atomic mass is 31.2. The van der Waals surface area contributed by atoms with Crippen LogP contribution in [0.25, 0.3) is 0 Å². The third-order valence-electron chi connectivity index (χ3n) is 5.31. The molecule has 0 spiro atoms. The minimum atomic E-state index is -3.30. The third-order valence-corrected chi connectivity index (χ3v) is 8.20. The summed E-state index contributed by atoms with van der Waals surface area (Å²) in [5.41, 5.74) is 1.20. The van der Waals surface area contributed by atoms with Crippen LogP contribution in [0.1, 0.15) is 58.1 Å². The van der Waals surface area contributed by atoms with Crippen molar-refractivity contribution in [2.45, 2.75) is 64.0 Å². The van der Waals surface area contributed by atoms with Gasteiger partial charge in [0.2, 0.25) is 0 Å². The summed E-state index contributed by atoms with van der Waals surface area (Å²) in [6, 6.07) is 10.4. The quantitative estimate of drug-likeness (QED) is 0.609. The van der Waals surface area contributed by atoms with Gasteiger partial charge in [-0.1, -0.05) is 43.7 Å². The van der Waals surface area contributed by atoms with Crippen LogP contribution < -0.4 is 0 Å². The number of ether oxygens (including phenoxy) is 1. The normalized spacial score (nSPS) is 29.9. The molecule has 0 saturated carbocycles. The van der Waals surface area contributed by atoms with Gasteiger partial charge < -0.3 is 13.8 Å². The second-order valence-corrected chi connectivity index (χ2v) is 9.07. The monoisotopic (exact) mass is 367 g/mol. The fourth-order valence-corrected chi connectivity index (χ4v) is 7.13. The van der Waals surface area contributed by atoms with Crippen LogP contribution in [-0.4, -0.2) is 36.2 Å². The summed E-state index contributed by atoms with van der Waals surface area (Å²) in [5, 5.41) is -0.602. The Balaban J connectivity index is 2.04. The molecule has 5 nitrogen and oxygen atoms in total. The molecule has 0 unspecified atom stereocenters. The maximum absolute atomic E-state index is 13.9. The van der Waals surface area contributed by atoms with Gasteiger partial charge in [0.05, 0.1) is 25.9 Å². The lowest BCUT2D eigenvalue weighted by molar-refractivity contribution is 0.0239. The molecule has 2 saturated heterocycles. The van der Waals surface area contributed by atoms with Crippen molar-refractivity contribution in [3.8, 4) is 0 Å². The number of rotatable bonds is 8. The van der Waals surface area contributed by atoms with Gasteiger partial charge in [-0.3, -0.25) is 9.46 Å². The fourth-order valence-electron chi connectivity index (χ4n) is 4.45. The zero-order valence-electron chi connectivity index (χ0n) is 15.5. The molecule has 0 radical (unpaired) electrons. The van der Waals surface area contributed by atoms with Gasteiger partial charge in [-0.05, 0) is 38.7 Å². The van der Waals surface area contributed by atoms with E-state index in [0.717, 1.165) is 25.7 Å². The molecule has 2 fully saturated rings. The predicted octanol–water partition coefficient (Wildman–Crippen LogP) is 4.94. The highest BCUT2D eigenvalue weighted by Crippen LogP contribution is 2.70. The molecule has 2 heterocycles. The van der Waals surface area contributed by atoms with E-state index in [1.807, 2.05) is 32.0 Å². The van der Waals surface area contributed by atoms with E-state index >= 15 is 0 Å². The summed E-state index contributed by atoms with van der Waals surface area (Å²) in [4.78, 5) is 2.32. The highest BCUT2D eigenvalue weighted by molar-refractivity contribution is 7.55. The number of hydrogen-bond acceptors (Lipinski definition) is 5. The van der Waals surface area contributed by atoms with Crippen molar-refractivity contribution in [3.63, 3.8) is 0 Å². The van der Waals surface area contributed by atoms with E-state index in [4.69, 9.17) is 13.8 Å². The lowest BCUT2D eigenvalue weighted by atomic mass is 10.0. The minimum absolute atomic E-state index is 0.00834. The zero-order chi connectivity index (χ0) is 17.9. The van der Waals surface area contributed by atoms with E-state index in [1.165, 1.54) is 5.56 Å². The van der Waals surface area contributed by atoms with Crippen LogP contribution in [0.2, 0.25) is 0 Å². The second kappa shape index (κ2) is 7.89. The largest absolute Gasteiger partial charge is 0.361 e. The Labute approximate surface area is 151 Å². The number of benzene rings is 1. The Bertz CT molecular complexity index is 597. The first-order chi connectivity index (χ1) is 12.1. The average molecular weight is 367 g/mol. The average Bonchev–Trinajstić information content (AvgIpc) is 3.18. The van der Waals surface area contributed by atoms with E-state index in [9.17, 15) is 4.57 Å². The summed E-state index contributed by atoms with van der Waals surface area (Å²) in [7, 11) is -3.30. The second-order valence-electron chi connectivity index (χ2n) is 6.73. The lowest BCUT2D eigenvalue weighted by Crippen LogP contribution is -2.47. The van der Waals surface area contributed by atoms with Crippen molar-refractivity contribution in [1.29, 1.82) is 0 Å². The first-order valence-electron chi connectivity index (χ1n) is 9.46. The summed E-state index contributed by atoms with van der Waals surface area (Å²) >= 11 is 0. The molecule has 1 aromatic rings. The van der Waals surface area contributed by atoms with Gasteiger partial charge in [0, 0.05) is 0 Å². The van der Waals surface area contributed by atoms with Crippen LogP contribution in [0.15, 0.2) is 30.3 Å². The molecule has 0 amide bonds. The molecule has 3 rings (SSSR count). The van der Waals surface area contributed by atoms with E-state index in [1.54, 1.807) is 0 Å². The number of nitrogens with zero attached hydrogens (tertiary/aromatic N) is 1. The molecule has 1 aromatic carbocycles. The van der Waals surface area contributed by atoms with Crippen molar-refractivity contribution in [2.75, 3.05) is 19.8 Å². The van der Waals surface area contributed by atoms with Gasteiger partial charge >= 0.3 is 7.60 Å². The molecular weight excluding hydrogens is 337 g/mol. The molecule has 0 bridgehead atoms. The van der Waals surface area contributed by atoms with Crippen LogP contribution in [0.5, 0.6) is 0 Å². The van der Waals surface area contributed by atoms with Crippen LogP contribution in [0.3, 0.4) is 0 Å². The predicted molar refractivity (Wildman–Crippen MR) is 98.5 cm³/mol. The highest BCUT2D eigenvalue weighted by Gasteiger charge is 2.63. The van der Waals surface area contributed by atoms with Crippen molar-refractivity contribution in [1.82, 2.24) is 4.90 Å². The Morgan fingerprint density at radius 1 is 1.20 bits per heavy atom. The maximum Gasteiger partial charge on any atom is 0.350 e. The third kappa shape index (κ3) is 3.22. The van der Waals surface area contributed by atoms with Crippen LogP contribution in [0, 0.1) is 0 Å². The van der Waals surface area contributed by atoms with Crippen molar-refractivity contribution >= 4 is 7.60 Å². The molecule has 25 heavy (non-hydrogen) atoms. The Hall–Kier alpha value is -0.710. The van der Waals surface area contributed by atoms with E-state index < -0.39 is 12.9 Å². The number of fused-ring (bicyclic) bond motifs is 1. The maximum atomic E-state index is 13.9. The van der Waals surface area contributed by atoms with Gasteiger partial charge in [0.1, 0.15) is 11.5 Å². The zero-order valence-corrected chi connectivity index (χ0v) is 16.4. The molecule has 2 aliphatic heterocycles. The molecule has 0 N–H and O–H groups in total. The van der Waals surface area contributed by atoms with Crippen molar-refractivity contribution in [3.05, 3.63) is 35.9 Å². The van der Waals surface area contributed by atoms with Crippen molar-refractivity contribution < 1.29 is 18.3 Å². The van der Waals surface area contributed by atoms with E-state index in [-0.39, 0.29) is 12.3 Å². The summed E-state index contributed by atoms with van der Waals surface area (Å²) in [5.74, 6) is 0. The minimum Gasteiger partial charge on any atom is -0.361 e. The van der Waals surface area contributed by atoms with Crippen LogP contribution in [-0.2, 0) is 18.3 Å². The van der Waals surface area contributed by atoms with Crippen molar-refractivity contribution in [2.24, 2.45) is 0 Å². The van der Waals surface area contributed by atoms with Gasteiger partial charge in [0.15, 0.2) is 0 Å². The molecule has 3 atom stereocenters. The molecule has 2 aliphatic rings. The Morgan fingerprint density at radius 3 is 2.48 bits per heavy atom. The SMILES string of the molecule is CCC[C@]1(P(=O)(OCC)OCC)CC[C@@H]2OC[C@@H](c3ccccc3)N21. The summed E-state index contributed by atoms with van der Waals surface area (Å²) < 4.78 is 31.7. The molecule has 0 aliphatic carbocycles. The number of hydrogen-bond donors (Lipinski definition) is 0. The van der Waals surface area contributed by atoms with E-state index in [2.05, 4.69) is 24.0 Å².